The van der Waals surface area contributed by atoms with Crippen molar-refractivity contribution in [2.24, 2.45) is 0 Å². The molecule has 5 heteroatoms. The second kappa shape index (κ2) is 5.71. The van der Waals surface area contributed by atoms with Crippen molar-refractivity contribution in [3.8, 4) is 0 Å². The molecule has 1 aromatic rings. The first-order valence-electron chi connectivity index (χ1n) is 5.66. The van der Waals surface area contributed by atoms with Crippen molar-refractivity contribution in [3.63, 3.8) is 0 Å². The van der Waals surface area contributed by atoms with E-state index in [1.807, 2.05) is 0 Å². The highest BCUT2D eigenvalue weighted by atomic mass is 35.5. The van der Waals surface area contributed by atoms with Gasteiger partial charge >= 0.3 is 0 Å². The molecule has 0 unspecified atom stereocenters. The summed E-state index contributed by atoms with van der Waals surface area (Å²) in [4.78, 5) is 11.9. The first kappa shape index (κ1) is 12.7. The SMILES string of the molecule is O=C(Nc1ccc(Cl)cc1Cl)[C@H]1CCCCN1. The van der Waals surface area contributed by atoms with Gasteiger partial charge in [0.05, 0.1) is 16.8 Å². The number of benzene rings is 1. The largest absolute Gasteiger partial charge is 0.323 e. The topological polar surface area (TPSA) is 41.1 Å². The molecule has 0 aromatic heterocycles. The minimum atomic E-state index is -0.115. The smallest absolute Gasteiger partial charge is 0.241 e. The van der Waals surface area contributed by atoms with Crippen LogP contribution in [0.4, 0.5) is 5.69 Å². The van der Waals surface area contributed by atoms with Crippen molar-refractivity contribution >= 4 is 34.8 Å². The van der Waals surface area contributed by atoms with Crippen LogP contribution < -0.4 is 10.6 Å². The maximum atomic E-state index is 11.9. The van der Waals surface area contributed by atoms with Gasteiger partial charge in [0, 0.05) is 5.02 Å². The maximum absolute atomic E-state index is 11.9. The Morgan fingerprint density at radius 2 is 2.18 bits per heavy atom. The molecule has 1 aliphatic heterocycles. The average molecular weight is 273 g/mol. The van der Waals surface area contributed by atoms with Crippen molar-refractivity contribution in [2.45, 2.75) is 25.3 Å². The first-order chi connectivity index (χ1) is 8.16. The molecule has 2 N–H and O–H groups in total. The Morgan fingerprint density at radius 1 is 1.35 bits per heavy atom. The van der Waals surface area contributed by atoms with Crippen LogP contribution in [0.15, 0.2) is 18.2 Å². The number of carbonyl (C=O) groups is 1. The van der Waals surface area contributed by atoms with Crippen molar-refractivity contribution in [3.05, 3.63) is 28.2 Å². The molecule has 1 atom stereocenters. The fourth-order valence-corrected chi connectivity index (χ4v) is 2.34. The van der Waals surface area contributed by atoms with E-state index in [0.717, 1.165) is 25.8 Å². The van der Waals surface area contributed by atoms with Crippen molar-refractivity contribution in [2.75, 3.05) is 11.9 Å². The van der Waals surface area contributed by atoms with Crippen molar-refractivity contribution < 1.29 is 4.79 Å². The average Bonchev–Trinajstić information content (AvgIpc) is 2.34. The summed E-state index contributed by atoms with van der Waals surface area (Å²) in [5.41, 5.74) is 0.605. The molecule has 0 aliphatic carbocycles. The zero-order valence-electron chi connectivity index (χ0n) is 9.30. The molecule has 0 saturated carbocycles. The Bertz CT molecular complexity index is 417. The van der Waals surface area contributed by atoms with E-state index in [1.54, 1.807) is 18.2 Å². The molecule has 1 saturated heterocycles. The number of piperidine rings is 1. The summed E-state index contributed by atoms with van der Waals surface area (Å²) in [6, 6.07) is 4.92. The Kier molecular flexibility index (Phi) is 4.26. The second-order valence-electron chi connectivity index (χ2n) is 4.12. The predicted molar refractivity (Wildman–Crippen MR) is 70.7 cm³/mol. The highest BCUT2D eigenvalue weighted by Crippen LogP contribution is 2.25. The van der Waals surface area contributed by atoms with Crippen LogP contribution in [0.1, 0.15) is 19.3 Å². The number of anilines is 1. The van der Waals surface area contributed by atoms with Gasteiger partial charge in [-0.3, -0.25) is 4.79 Å². The maximum Gasteiger partial charge on any atom is 0.241 e. The van der Waals surface area contributed by atoms with E-state index in [0.29, 0.717) is 15.7 Å². The third kappa shape index (κ3) is 3.35. The normalized spacial score (nSPS) is 20.0. The molecule has 1 aromatic carbocycles. The number of halogens is 2. The van der Waals surface area contributed by atoms with E-state index in [4.69, 9.17) is 23.2 Å². The molecule has 17 heavy (non-hydrogen) atoms. The van der Waals surface area contributed by atoms with Gasteiger partial charge in [0.15, 0.2) is 0 Å². The van der Waals surface area contributed by atoms with Crippen LogP contribution in [0, 0.1) is 0 Å². The standard InChI is InChI=1S/C12H14Cl2N2O/c13-8-4-5-10(9(14)7-8)16-12(17)11-3-1-2-6-15-11/h4-5,7,11,15H,1-3,6H2,(H,16,17)/t11-/m1/s1. The lowest BCUT2D eigenvalue weighted by Crippen LogP contribution is -2.43. The molecule has 0 spiro atoms. The lowest BCUT2D eigenvalue weighted by atomic mass is 10.0. The zero-order valence-corrected chi connectivity index (χ0v) is 10.8. The van der Waals surface area contributed by atoms with Crippen LogP contribution in [0.5, 0.6) is 0 Å². The van der Waals surface area contributed by atoms with Gasteiger partial charge in [-0.25, -0.2) is 0 Å². The third-order valence-corrected chi connectivity index (χ3v) is 3.36. The number of carbonyl (C=O) groups excluding carboxylic acids is 1. The zero-order chi connectivity index (χ0) is 12.3. The monoisotopic (exact) mass is 272 g/mol. The minimum absolute atomic E-state index is 0.0334. The first-order valence-corrected chi connectivity index (χ1v) is 6.42. The quantitative estimate of drug-likeness (QED) is 0.869. The number of hydrogen-bond acceptors (Lipinski definition) is 2. The Morgan fingerprint density at radius 3 is 2.82 bits per heavy atom. The highest BCUT2D eigenvalue weighted by Gasteiger charge is 2.20. The van der Waals surface area contributed by atoms with Gasteiger partial charge in [-0.05, 0) is 37.6 Å². The summed E-state index contributed by atoms with van der Waals surface area (Å²) in [6.45, 7) is 0.895. The molecular formula is C12H14Cl2N2O. The second-order valence-corrected chi connectivity index (χ2v) is 4.96. The Balaban J connectivity index is 2.02. The van der Waals surface area contributed by atoms with Crippen molar-refractivity contribution in [1.29, 1.82) is 0 Å². The van der Waals surface area contributed by atoms with Crippen LogP contribution in [-0.2, 0) is 4.79 Å². The van der Waals surface area contributed by atoms with Crippen LogP contribution in [0.25, 0.3) is 0 Å². The summed E-state index contributed by atoms with van der Waals surface area (Å²) < 4.78 is 0. The summed E-state index contributed by atoms with van der Waals surface area (Å²) in [5.74, 6) is -0.0334. The van der Waals surface area contributed by atoms with Crippen LogP contribution in [0.3, 0.4) is 0 Å². The third-order valence-electron chi connectivity index (χ3n) is 2.82. The fourth-order valence-electron chi connectivity index (χ4n) is 1.89. The van der Waals surface area contributed by atoms with Gasteiger partial charge in [0.2, 0.25) is 5.91 Å². The molecule has 1 fully saturated rings. The Labute approximate surface area is 110 Å². The van der Waals surface area contributed by atoms with Crippen LogP contribution in [-0.4, -0.2) is 18.5 Å². The van der Waals surface area contributed by atoms with E-state index in [-0.39, 0.29) is 11.9 Å². The van der Waals surface area contributed by atoms with E-state index < -0.39 is 0 Å². The number of hydrogen-bond donors (Lipinski definition) is 2. The molecule has 1 amide bonds. The van der Waals surface area contributed by atoms with Crippen molar-refractivity contribution in [1.82, 2.24) is 5.32 Å². The van der Waals surface area contributed by atoms with Gasteiger partial charge < -0.3 is 10.6 Å². The summed E-state index contributed by atoms with van der Waals surface area (Å²) in [7, 11) is 0. The molecular weight excluding hydrogens is 259 g/mol. The fraction of sp³-hybridized carbons (Fsp3) is 0.417. The number of nitrogens with one attached hydrogen (secondary N) is 2. The predicted octanol–water partition coefficient (Wildman–Crippen LogP) is 3.07. The summed E-state index contributed by atoms with van der Waals surface area (Å²) in [5, 5.41) is 7.02. The van der Waals surface area contributed by atoms with E-state index in [1.165, 1.54) is 0 Å². The van der Waals surface area contributed by atoms with Gasteiger partial charge in [-0.2, -0.15) is 0 Å². The highest BCUT2D eigenvalue weighted by molar-refractivity contribution is 6.36. The lowest BCUT2D eigenvalue weighted by Gasteiger charge is -2.22. The molecule has 2 rings (SSSR count). The van der Waals surface area contributed by atoms with Crippen LogP contribution in [0.2, 0.25) is 10.0 Å². The molecule has 0 bridgehead atoms. The Hall–Kier alpha value is -0.770. The molecule has 3 nitrogen and oxygen atoms in total. The van der Waals surface area contributed by atoms with E-state index in [2.05, 4.69) is 10.6 Å². The number of amides is 1. The summed E-state index contributed by atoms with van der Waals surface area (Å²) in [6.07, 6.45) is 3.09. The summed E-state index contributed by atoms with van der Waals surface area (Å²) >= 11 is 11.8. The van der Waals surface area contributed by atoms with Gasteiger partial charge in [0.25, 0.3) is 0 Å². The van der Waals surface area contributed by atoms with E-state index in [9.17, 15) is 4.79 Å². The van der Waals surface area contributed by atoms with Gasteiger partial charge in [0.1, 0.15) is 0 Å². The van der Waals surface area contributed by atoms with Gasteiger partial charge in [-0.15, -0.1) is 0 Å². The van der Waals surface area contributed by atoms with Gasteiger partial charge in [-0.1, -0.05) is 29.6 Å². The lowest BCUT2D eigenvalue weighted by molar-refractivity contribution is -0.118. The minimum Gasteiger partial charge on any atom is -0.323 e. The molecule has 1 heterocycles. The number of rotatable bonds is 2. The van der Waals surface area contributed by atoms with E-state index >= 15 is 0 Å². The van der Waals surface area contributed by atoms with Crippen LogP contribution >= 0.6 is 23.2 Å². The molecule has 1 aliphatic rings. The molecule has 92 valence electrons. The molecule has 0 radical (unpaired) electrons.